The molecule has 0 unspecified atom stereocenters. The number of carbonyl (C=O) groups excluding carboxylic acids is 1. The van der Waals surface area contributed by atoms with E-state index in [0.29, 0.717) is 23.8 Å². The van der Waals surface area contributed by atoms with Gasteiger partial charge in [0.1, 0.15) is 5.75 Å². The second kappa shape index (κ2) is 8.11. The molecule has 1 aromatic heterocycles. The maximum Gasteiger partial charge on any atom is 0.258 e. The van der Waals surface area contributed by atoms with E-state index in [1.54, 1.807) is 12.1 Å². The Balaban J connectivity index is 1.63. The first-order chi connectivity index (χ1) is 12.6. The van der Waals surface area contributed by atoms with Crippen LogP contribution >= 0.6 is 0 Å². The van der Waals surface area contributed by atoms with E-state index in [4.69, 9.17) is 4.74 Å². The number of anilines is 3. The molecule has 1 amide bonds. The number of rotatable bonds is 6. The molecule has 0 radical (unpaired) electrons. The Hall–Kier alpha value is -3.41. The summed E-state index contributed by atoms with van der Waals surface area (Å²) < 4.78 is 5.38. The Bertz CT molecular complexity index is 877. The summed E-state index contributed by atoms with van der Waals surface area (Å²) >= 11 is 0. The highest BCUT2D eigenvalue weighted by atomic mass is 16.5. The molecule has 0 aliphatic rings. The largest absolute Gasteiger partial charge is 0.494 e. The number of carbonyl (C=O) groups is 1. The van der Waals surface area contributed by atoms with Gasteiger partial charge in [0.25, 0.3) is 5.91 Å². The Morgan fingerprint density at radius 2 is 1.77 bits per heavy atom. The van der Waals surface area contributed by atoms with Crippen molar-refractivity contribution in [2.75, 3.05) is 17.2 Å². The molecular formula is C20H20N4O2. The molecule has 6 heteroatoms. The van der Waals surface area contributed by atoms with Crippen LogP contribution in [0.2, 0.25) is 0 Å². The fourth-order valence-electron chi connectivity index (χ4n) is 2.37. The van der Waals surface area contributed by atoms with Crippen molar-refractivity contribution in [2.24, 2.45) is 0 Å². The summed E-state index contributed by atoms with van der Waals surface area (Å²) in [5, 5.41) is 5.92. The van der Waals surface area contributed by atoms with Gasteiger partial charge in [-0.25, -0.2) is 9.97 Å². The average Bonchev–Trinajstić information content (AvgIpc) is 2.64. The first-order valence-electron chi connectivity index (χ1n) is 8.34. The van der Waals surface area contributed by atoms with E-state index in [9.17, 15) is 4.79 Å². The van der Waals surface area contributed by atoms with E-state index in [1.165, 1.54) is 12.4 Å². The number of nitrogens with zero attached hydrogens (tertiary/aromatic N) is 2. The summed E-state index contributed by atoms with van der Waals surface area (Å²) in [7, 11) is 0. The Morgan fingerprint density at radius 3 is 2.42 bits per heavy atom. The molecule has 1 heterocycles. The molecule has 3 rings (SSSR count). The van der Waals surface area contributed by atoms with Gasteiger partial charge in [0.15, 0.2) is 0 Å². The van der Waals surface area contributed by atoms with E-state index >= 15 is 0 Å². The van der Waals surface area contributed by atoms with E-state index in [0.717, 1.165) is 17.0 Å². The third kappa shape index (κ3) is 4.57. The van der Waals surface area contributed by atoms with Crippen LogP contribution < -0.4 is 15.4 Å². The van der Waals surface area contributed by atoms with Gasteiger partial charge in [-0.05, 0) is 55.8 Å². The van der Waals surface area contributed by atoms with Crippen LogP contribution in [0.3, 0.4) is 0 Å². The highest BCUT2D eigenvalue weighted by Gasteiger charge is 2.08. The van der Waals surface area contributed by atoms with Crippen molar-refractivity contribution >= 4 is 23.2 Å². The predicted molar refractivity (Wildman–Crippen MR) is 102 cm³/mol. The van der Waals surface area contributed by atoms with Gasteiger partial charge in [0, 0.05) is 23.8 Å². The number of hydrogen-bond acceptors (Lipinski definition) is 5. The molecule has 6 nitrogen and oxygen atoms in total. The Morgan fingerprint density at radius 1 is 1.04 bits per heavy atom. The Labute approximate surface area is 152 Å². The molecule has 132 valence electrons. The van der Waals surface area contributed by atoms with E-state index < -0.39 is 0 Å². The zero-order valence-electron chi connectivity index (χ0n) is 14.7. The van der Waals surface area contributed by atoms with Crippen molar-refractivity contribution in [3.05, 3.63) is 72.1 Å². The van der Waals surface area contributed by atoms with Crippen LogP contribution in [0.4, 0.5) is 17.3 Å². The molecule has 0 aliphatic carbocycles. The number of ether oxygens (including phenoxy) is 1. The van der Waals surface area contributed by atoms with Crippen LogP contribution in [0.5, 0.6) is 5.75 Å². The maximum atomic E-state index is 12.3. The van der Waals surface area contributed by atoms with Crippen molar-refractivity contribution in [3.63, 3.8) is 0 Å². The minimum Gasteiger partial charge on any atom is -0.494 e. The molecule has 0 atom stereocenters. The molecule has 0 spiro atoms. The quantitative estimate of drug-likeness (QED) is 0.699. The minimum absolute atomic E-state index is 0.267. The third-order valence-electron chi connectivity index (χ3n) is 3.61. The normalized spacial score (nSPS) is 10.2. The number of aromatic nitrogens is 2. The number of nitrogens with one attached hydrogen (secondary N) is 2. The lowest BCUT2D eigenvalue weighted by Gasteiger charge is -2.08. The number of amides is 1. The molecule has 0 saturated heterocycles. The van der Waals surface area contributed by atoms with Gasteiger partial charge < -0.3 is 15.4 Å². The van der Waals surface area contributed by atoms with Crippen LogP contribution in [0.15, 0.2) is 60.9 Å². The van der Waals surface area contributed by atoms with Crippen molar-refractivity contribution in [1.82, 2.24) is 9.97 Å². The molecule has 26 heavy (non-hydrogen) atoms. The van der Waals surface area contributed by atoms with Gasteiger partial charge in [-0.1, -0.05) is 12.1 Å². The number of benzene rings is 2. The molecule has 0 aliphatic heterocycles. The smallest absolute Gasteiger partial charge is 0.258 e. The highest BCUT2D eigenvalue weighted by molar-refractivity contribution is 6.03. The lowest BCUT2D eigenvalue weighted by Crippen LogP contribution is -2.13. The monoisotopic (exact) mass is 348 g/mol. The third-order valence-corrected chi connectivity index (χ3v) is 3.61. The summed E-state index contributed by atoms with van der Waals surface area (Å²) in [6.07, 6.45) is 2.99. The summed E-state index contributed by atoms with van der Waals surface area (Å²) in [4.78, 5) is 20.7. The average molecular weight is 348 g/mol. The van der Waals surface area contributed by atoms with Crippen LogP contribution in [-0.2, 0) is 0 Å². The van der Waals surface area contributed by atoms with Gasteiger partial charge in [0.2, 0.25) is 5.95 Å². The van der Waals surface area contributed by atoms with Crippen LogP contribution in [0.25, 0.3) is 0 Å². The SMILES string of the molecule is CCOc1ccc(NC(=O)c2cnc(Nc3cccc(C)c3)nc2)cc1. The maximum absolute atomic E-state index is 12.3. The zero-order chi connectivity index (χ0) is 18.4. The van der Waals surface area contributed by atoms with Crippen LogP contribution in [0.1, 0.15) is 22.8 Å². The van der Waals surface area contributed by atoms with Crippen LogP contribution in [0, 0.1) is 6.92 Å². The molecule has 0 bridgehead atoms. The molecule has 3 aromatic rings. The lowest BCUT2D eigenvalue weighted by atomic mass is 10.2. The van der Waals surface area contributed by atoms with Gasteiger partial charge in [-0.3, -0.25) is 4.79 Å². The van der Waals surface area contributed by atoms with Crippen molar-refractivity contribution < 1.29 is 9.53 Å². The van der Waals surface area contributed by atoms with Gasteiger partial charge >= 0.3 is 0 Å². The van der Waals surface area contributed by atoms with Gasteiger partial charge in [-0.2, -0.15) is 0 Å². The highest BCUT2D eigenvalue weighted by Crippen LogP contribution is 2.17. The fourth-order valence-corrected chi connectivity index (χ4v) is 2.37. The number of aryl methyl sites for hydroxylation is 1. The first-order valence-corrected chi connectivity index (χ1v) is 8.34. The molecule has 0 fully saturated rings. The van der Waals surface area contributed by atoms with E-state index in [1.807, 2.05) is 50.2 Å². The van der Waals surface area contributed by atoms with Gasteiger partial charge in [-0.15, -0.1) is 0 Å². The molecule has 0 saturated carbocycles. The van der Waals surface area contributed by atoms with Crippen molar-refractivity contribution in [1.29, 1.82) is 0 Å². The minimum atomic E-state index is -0.267. The van der Waals surface area contributed by atoms with Crippen molar-refractivity contribution in [2.45, 2.75) is 13.8 Å². The van der Waals surface area contributed by atoms with E-state index in [2.05, 4.69) is 20.6 Å². The molecule has 2 N–H and O–H groups in total. The standard InChI is InChI=1S/C20H20N4O2/c1-3-26-18-9-7-16(8-10-18)23-19(25)15-12-21-20(22-13-15)24-17-6-4-5-14(2)11-17/h4-13H,3H2,1-2H3,(H,23,25)(H,21,22,24). The zero-order valence-corrected chi connectivity index (χ0v) is 14.7. The van der Waals surface area contributed by atoms with Crippen LogP contribution in [-0.4, -0.2) is 22.5 Å². The summed E-state index contributed by atoms with van der Waals surface area (Å²) in [6, 6.07) is 15.1. The topological polar surface area (TPSA) is 76.1 Å². The summed E-state index contributed by atoms with van der Waals surface area (Å²) in [6.45, 7) is 4.54. The predicted octanol–water partition coefficient (Wildman–Crippen LogP) is 4.18. The van der Waals surface area contributed by atoms with E-state index in [-0.39, 0.29) is 5.91 Å². The lowest BCUT2D eigenvalue weighted by molar-refractivity contribution is 0.102. The first kappa shape index (κ1) is 17.4. The number of hydrogen-bond donors (Lipinski definition) is 2. The molecular weight excluding hydrogens is 328 g/mol. The molecule has 2 aromatic carbocycles. The second-order valence-electron chi connectivity index (χ2n) is 5.70. The Kier molecular flexibility index (Phi) is 5.43. The summed E-state index contributed by atoms with van der Waals surface area (Å²) in [5.74, 6) is 0.935. The fraction of sp³-hybridized carbons (Fsp3) is 0.150. The van der Waals surface area contributed by atoms with Crippen molar-refractivity contribution in [3.8, 4) is 5.75 Å². The van der Waals surface area contributed by atoms with Gasteiger partial charge in [0.05, 0.1) is 12.2 Å². The second-order valence-corrected chi connectivity index (χ2v) is 5.70. The summed E-state index contributed by atoms with van der Waals surface area (Å²) in [5.41, 5.74) is 3.10.